The van der Waals surface area contributed by atoms with Gasteiger partial charge in [0.1, 0.15) is 11.3 Å². The smallest absolute Gasteiger partial charge is 0.269 e. The van der Waals surface area contributed by atoms with Crippen molar-refractivity contribution in [3.8, 4) is 0 Å². The van der Waals surface area contributed by atoms with Gasteiger partial charge in [0.25, 0.3) is 10.0 Å². The fourth-order valence-electron chi connectivity index (χ4n) is 4.05. The normalized spacial score (nSPS) is 20.3. The number of nitrogens with one attached hydrogen (secondary N) is 1. The summed E-state index contributed by atoms with van der Waals surface area (Å²) in [4.78, 5) is 12.8. The van der Waals surface area contributed by atoms with Crippen LogP contribution in [0.4, 0.5) is 0 Å². The summed E-state index contributed by atoms with van der Waals surface area (Å²) in [6.45, 7) is 0. The molecule has 1 aliphatic rings. The molecule has 1 N–H and O–H groups in total. The van der Waals surface area contributed by atoms with Crippen LogP contribution in [0, 0.1) is 0 Å². The van der Waals surface area contributed by atoms with Gasteiger partial charge in [0.05, 0.1) is 22.7 Å². The Hall–Kier alpha value is -2.71. The standard InChI is InChI=1S/C20H20N4O3S/c1-27-14-8-7-13(11-14)19-22-17-12-21-20-16(18(17)23-19)9-10-24(20)28(25,26)15-5-3-2-4-6-15/h2-6,9-10,12-14H,7-8,11H2,1H3,(H,22,23). The second-order valence-electron chi connectivity index (χ2n) is 7.18. The van der Waals surface area contributed by atoms with E-state index in [1.807, 2.05) is 0 Å². The molecular weight excluding hydrogens is 376 g/mol. The Balaban J connectivity index is 1.61. The number of benzene rings is 1. The van der Waals surface area contributed by atoms with Gasteiger partial charge in [-0.3, -0.25) is 0 Å². The van der Waals surface area contributed by atoms with Gasteiger partial charge >= 0.3 is 0 Å². The lowest BCUT2D eigenvalue weighted by atomic mass is 10.1. The highest BCUT2D eigenvalue weighted by atomic mass is 32.2. The van der Waals surface area contributed by atoms with E-state index >= 15 is 0 Å². The first kappa shape index (κ1) is 17.4. The molecule has 1 aromatic carbocycles. The maximum atomic E-state index is 13.0. The summed E-state index contributed by atoms with van der Waals surface area (Å²) in [5, 5.41) is 0.747. The second-order valence-corrected chi connectivity index (χ2v) is 8.99. The number of hydrogen-bond acceptors (Lipinski definition) is 5. The molecule has 7 nitrogen and oxygen atoms in total. The van der Waals surface area contributed by atoms with Gasteiger partial charge in [0, 0.05) is 24.6 Å². The Bertz CT molecular complexity index is 1260. The maximum absolute atomic E-state index is 13.0. The van der Waals surface area contributed by atoms with Crippen LogP contribution >= 0.6 is 0 Å². The van der Waals surface area contributed by atoms with Gasteiger partial charge in [0.15, 0.2) is 5.65 Å². The van der Waals surface area contributed by atoms with Gasteiger partial charge in [0.2, 0.25) is 0 Å². The summed E-state index contributed by atoms with van der Waals surface area (Å²) >= 11 is 0. The number of rotatable bonds is 4. The van der Waals surface area contributed by atoms with Crippen LogP contribution in [0.5, 0.6) is 0 Å². The van der Waals surface area contributed by atoms with Crippen LogP contribution in [-0.4, -0.2) is 40.6 Å². The summed E-state index contributed by atoms with van der Waals surface area (Å²) in [6, 6.07) is 10.2. The fourth-order valence-corrected chi connectivity index (χ4v) is 5.37. The van der Waals surface area contributed by atoms with E-state index in [1.54, 1.807) is 55.9 Å². The Morgan fingerprint density at radius 2 is 2.00 bits per heavy atom. The molecule has 0 bridgehead atoms. The lowest BCUT2D eigenvalue weighted by molar-refractivity contribution is 0.107. The molecule has 0 amide bonds. The summed E-state index contributed by atoms with van der Waals surface area (Å²) < 4.78 is 32.7. The zero-order chi connectivity index (χ0) is 19.3. The van der Waals surface area contributed by atoms with Crippen molar-refractivity contribution in [1.29, 1.82) is 0 Å². The van der Waals surface area contributed by atoms with Crippen LogP contribution in [0.2, 0.25) is 0 Å². The molecule has 3 heterocycles. The van der Waals surface area contributed by atoms with E-state index < -0.39 is 10.0 Å². The molecule has 28 heavy (non-hydrogen) atoms. The van der Waals surface area contributed by atoms with Crippen LogP contribution in [0.25, 0.3) is 22.1 Å². The number of aromatic nitrogens is 4. The number of methoxy groups -OCH3 is 1. The van der Waals surface area contributed by atoms with Crippen LogP contribution < -0.4 is 0 Å². The fraction of sp³-hybridized carbons (Fsp3) is 0.300. The largest absolute Gasteiger partial charge is 0.381 e. The van der Waals surface area contributed by atoms with Crippen LogP contribution in [0.1, 0.15) is 31.0 Å². The van der Waals surface area contributed by atoms with E-state index in [0.717, 1.165) is 41.5 Å². The monoisotopic (exact) mass is 396 g/mol. The van der Waals surface area contributed by atoms with Gasteiger partial charge < -0.3 is 9.72 Å². The van der Waals surface area contributed by atoms with Gasteiger partial charge in [-0.2, -0.15) is 0 Å². The molecule has 1 fully saturated rings. The molecule has 2 atom stereocenters. The summed E-state index contributed by atoms with van der Waals surface area (Å²) in [6.07, 6.45) is 6.45. The van der Waals surface area contributed by atoms with E-state index in [9.17, 15) is 8.42 Å². The highest BCUT2D eigenvalue weighted by Crippen LogP contribution is 2.36. The molecule has 1 saturated carbocycles. The second kappa shape index (κ2) is 6.42. The van der Waals surface area contributed by atoms with Gasteiger partial charge in [-0.25, -0.2) is 22.4 Å². The van der Waals surface area contributed by atoms with Crippen molar-refractivity contribution in [2.75, 3.05) is 7.11 Å². The minimum Gasteiger partial charge on any atom is -0.381 e. The first-order valence-electron chi connectivity index (χ1n) is 9.27. The molecule has 144 valence electrons. The first-order valence-corrected chi connectivity index (χ1v) is 10.7. The first-order chi connectivity index (χ1) is 13.6. The number of nitrogens with zero attached hydrogens (tertiary/aromatic N) is 3. The predicted molar refractivity (Wildman–Crippen MR) is 106 cm³/mol. The minimum absolute atomic E-state index is 0.233. The van der Waals surface area contributed by atoms with Crippen molar-refractivity contribution in [3.05, 3.63) is 54.6 Å². The van der Waals surface area contributed by atoms with Crippen molar-refractivity contribution < 1.29 is 13.2 Å². The Morgan fingerprint density at radius 3 is 2.75 bits per heavy atom. The van der Waals surface area contributed by atoms with Crippen LogP contribution in [0.15, 0.2) is 53.7 Å². The number of imidazole rings is 1. The van der Waals surface area contributed by atoms with Crippen molar-refractivity contribution in [3.63, 3.8) is 0 Å². The van der Waals surface area contributed by atoms with E-state index in [-0.39, 0.29) is 11.0 Å². The van der Waals surface area contributed by atoms with E-state index in [0.29, 0.717) is 11.6 Å². The third-order valence-electron chi connectivity index (χ3n) is 5.56. The molecule has 0 radical (unpaired) electrons. The SMILES string of the molecule is COC1CCC(c2nc3cnc4c(ccn4S(=O)(=O)c4ccccc4)c3[nH]2)C1. The third kappa shape index (κ3) is 2.63. The van der Waals surface area contributed by atoms with Gasteiger partial charge in [-0.05, 0) is 37.5 Å². The number of pyridine rings is 1. The molecule has 2 unspecified atom stereocenters. The Kier molecular flexibility index (Phi) is 3.99. The van der Waals surface area contributed by atoms with E-state index in [1.165, 1.54) is 3.97 Å². The van der Waals surface area contributed by atoms with Crippen molar-refractivity contribution in [2.45, 2.75) is 36.2 Å². The molecule has 8 heteroatoms. The summed E-state index contributed by atoms with van der Waals surface area (Å²) in [5.74, 6) is 1.24. The number of hydrogen-bond donors (Lipinski definition) is 1. The molecule has 0 aliphatic heterocycles. The minimum atomic E-state index is -3.71. The van der Waals surface area contributed by atoms with Gasteiger partial charge in [-0.15, -0.1) is 0 Å². The lowest BCUT2D eigenvalue weighted by Crippen LogP contribution is -2.12. The highest BCUT2D eigenvalue weighted by Gasteiger charge is 2.28. The molecule has 1 aliphatic carbocycles. The molecule has 0 spiro atoms. The average Bonchev–Trinajstić information content (AvgIpc) is 3.44. The molecule has 3 aromatic heterocycles. The highest BCUT2D eigenvalue weighted by molar-refractivity contribution is 7.90. The quantitative estimate of drug-likeness (QED) is 0.571. The topological polar surface area (TPSA) is 89.9 Å². The predicted octanol–water partition coefficient (Wildman–Crippen LogP) is 3.43. The Labute approximate surface area is 162 Å². The van der Waals surface area contributed by atoms with Crippen molar-refractivity contribution in [2.24, 2.45) is 0 Å². The number of ether oxygens (including phenoxy) is 1. The molecule has 0 saturated heterocycles. The van der Waals surface area contributed by atoms with E-state index in [2.05, 4.69) is 9.97 Å². The Morgan fingerprint density at radius 1 is 1.18 bits per heavy atom. The zero-order valence-electron chi connectivity index (χ0n) is 15.4. The summed E-state index contributed by atoms with van der Waals surface area (Å²) in [7, 11) is -1.96. The summed E-state index contributed by atoms with van der Waals surface area (Å²) in [5.41, 5.74) is 1.97. The van der Waals surface area contributed by atoms with E-state index in [4.69, 9.17) is 9.72 Å². The van der Waals surface area contributed by atoms with Gasteiger partial charge in [-0.1, -0.05) is 18.2 Å². The number of fused-ring (bicyclic) bond motifs is 3. The molecule has 4 aromatic rings. The zero-order valence-corrected chi connectivity index (χ0v) is 16.2. The molecular formula is C20H20N4O3S. The van der Waals surface area contributed by atoms with Crippen molar-refractivity contribution >= 4 is 32.1 Å². The number of aromatic amines is 1. The van der Waals surface area contributed by atoms with Crippen LogP contribution in [0.3, 0.4) is 0 Å². The average molecular weight is 396 g/mol. The third-order valence-corrected chi connectivity index (χ3v) is 7.24. The molecule has 5 rings (SSSR count). The maximum Gasteiger partial charge on any atom is 0.269 e. The number of H-pyrrole nitrogens is 1. The van der Waals surface area contributed by atoms with Crippen LogP contribution in [-0.2, 0) is 14.8 Å². The van der Waals surface area contributed by atoms with Crippen molar-refractivity contribution in [1.82, 2.24) is 18.9 Å². The lowest BCUT2D eigenvalue weighted by Gasteiger charge is -2.07.